The van der Waals surface area contributed by atoms with Crippen LogP contribution in [0.4, 0.5) is 0 Å². The Hall–Kier alpha value is -3.02. The first-order valence-electron chi connectivity index (χ1n) is 11.3. The van der Waals surface area contributed by atoms with Crippen LogP contribution in [-0.2, 0) is 17.9 Å². The minimum Gasteiger partial charge on any atom is -0.333 e. The van der Waals surface area contributed by atoms with Crippen molar-refractivity contribution in [3.63, 3.8) is 0 Å². The van der Waals surface area contributed by atoms with Crippen LogP contribution in [0.2, 0.25) is 0 Å². The minimum atomic E-state index is -0.450. The van der Waals surface area contributed by atoms with Gasteiger partial charge in [-0.3, -0.25) is 14.6 Å². The molecule has 1 fully saturated rings. The van der Waals surface area contributed by atoms with E-state index < -0.39 is 5.92 Å². The third-order valence-corrected chi connectivity index (χ3v) is 6.33. The van der Waals surface area contributed by atoms with Crippen molar-refractivity contribution in [2.24, 2.45) is 0 Å². The lowest BCUT2D eigenvalue weighted by molar-refractivity contribution is -0.136. The summed E-state index contributed by atoms with van der Waals surface area (Å²) in [6.07, 6.45) is 7.33. The highest BCUT2D eigenvalue weighted by Gasteiger charge is 2.31. The van der Waals surface area contributed by atoms with Gasteiger partial charge in [0.05, 0.1) is 29.2 Å². The predicted octanol–water partition coefficient (Wildman–Crippen LogP) is 4.28. The molecule has 1 saturated carbocycles. The van der Waals surface area contributed by atoms with E-state index >= 15 is 0 Å². The number of hydrogen-bond donors (Lipinski definition) is 0. The van der Waals surface area contributed by atoms with Gasteiger partial charge in [0.15, 0.2) is 0 Å². The van der Waals surface area contributed by atoms with E-state index in [4.69, 9.17) is 0 Å². The van der Waals surface area contributed by atoms with Crippen LogP contribution >= 0.6 is 0 Å². The summed E-state index contributed by atoms with van der Waals surface area (Å²) in [6.45, 7) is 4.78. The van der Waals surface area contributed by atoms with Gasteiger partial charge in [0.25, 0.3) is 5.56 Å². The summed E-state index contributed by atoms with van der Waals surface area (Å²) in [5.41, 5.74) is 1.45. The van der Waals surface area contributed by atoms with Gasteiger partial charge < -0.3 is 4.90 Å². The molecule has 0 spiro atoms. The summed E-state index contributed by atoms with van der Waals surface area (Å²) in [4.78, 5) is 33.0. The normalized spacial score (nSPS) is 15.7. The van der Waals surface area contributed by atoms with Gasteiger partial charge >= 0.3 is 0 Å². The fourth-order valence-electron chi connectivity index (χ4n) is 4.61. The van der Waals surface area contributed by atoms with Gasteiger partial charge in [0.2, 0.25) is 5.91 Å². The van der Waals surface area contributed by atoms with Crippen molar-refractivity contribution < 1.29 is 4.79 Å². The Morgan fingerprint density at radius 2 is 1.81 bits per heavy atom. The summed E-state index contributed by atoms with van der Waals surface area (Å²) in [7, 11) is 0. The molecule has 1 amide bonds. The Balaban J connectivity index is 1.73. The molecule has 6 nitrogen and oxygen atoms in total. The lowest BCUT2D eigenvalue weighted by Gasteiger charge is -2.36. The monoisotopic (exact) mass is 418 g/mol. The average Bonchev–Trinajstić information content (AvgIpc) is 2.83. The standard InChI is InChI=1S/C25H30N4O2/c1-3-29-25(31)22-15-8-7-14-21(22)23(27-29)18(2)24(30)28(20-12-5-4-6-13-20)17-19-11-9-10-16-26-19/h7-11,14-16,18,20H,3-6,12-13,17H2,1-2H3/t18-/m0/s1. The van der Waals surface area contributed by atoms with Gasteiger partial charge in [0, 0.05) is 24.2 Å². The Kier molecular flexibility index (Phi) is 6.44. The molecule has 1 aliphatic rings. The van der Waals surface area contributed by atoms with Crippen LogP contribution in [0, 0.1) is 0 Å². The van der Waals surface area contributed by atoms with E-state index in [2.05, 4.69) is 10.1 Å². The Labute approximate surface area is 182 Å². The molecule has 162 valence electrons. The number of hydrogen-bond acceptors (Lipinski definition) is 4. The number of aryl methyl sites for hydroxylation is 1. The van der Waals surface area contributed by atoms with Crippen molar-refractivity contribution in [1.29, 1.82) is 0 Å². The number of amides is 1. The first-order valence-corrected chi connectivity index (χ1v) is 11.3. The molecule has 1 aliphatic carbocycles. The number of benzene rings is 1. The number of fused-ring (bicyclic) bond motifs is 1. The van der Waals surface area contributed by atoms with Crippen LogP contribution < -0.4 is 5.56 Å². The molecule has 0 bridgehead atoms. The maximum absolute atomic E-state index is 13.8. The SMILES string of the molecule is CCn1nc([C@H](C)C(=O)N(Cc2ccccn2)C2CCCCC2)c2ccccc2c1=O. The zero-order chi connectivity index (χ0) is 21.8. The third-order valence-electron chi connectivity index (χ3n) is 6.33. The van der Waals surface area contributed by atoms with E-state index in [1.807, 2.05) is 61.2 Å². The first kappa shape index (κ1) is 21.2. The molecule has 1 aromatic carbocycles. The van der Waals surface area contributed by atoms with Crippen molar-refractivity contribution in [2.45, 2.75) is 71.0 Å². The summed E-state index contributed by atoms with van der Waals surface area (Å²) in [5.74, 6) is -0.398. The van der Waals surface area contributed by atoms with Crippen molar-refractivity contribution in [1.82, 2.24) is 19.7 Å². The molecule has 6 heteroatoms. The maximum atomic E-state index is 13.8. The van der Waals surface area contributed by atoms with Crippen LogP contribution in [0.15, 0.2) is 53.5 Å². The molecule has 0 saturated heterocycles. The lowest BCUT2D eigenvalue weighted by Crippen LogP contribution is -2.43. The second-order valence-corrected chi connectivity index (χ2v) is 8.35. The van der Waals surface area contributed by atoms with Gasteiger partial charge in [-0.25, -0.2) is 4.68 Å². The number of rotatable bonds is 6. The number of carbonyl (C=O) groups is 1. The molecule has 3 aromatic rings. The molecule has 4 rings (SSSR count). The highest BCUT2D eigenvalue weighted by Crippen LogP contribution is 2.29. The van der Waals surface area contributed by atoms with E-state index in [-0.39, 0.29) is 17.5 Å². The lowest BCUT2D eigenvalue weighted by atomic mass is 9.92. The quantitative estimate of drug-likeness (QED) is 0.599. The Morgan fingerprint density at radius 3 is 2.48 bits per heavy atom. The van der Waals surface area contributed by atoms with E-state index in [0.717, 1.165) is 36.8 Å². The molecule has 31 heavy (non-hydrogen) atoms. The Morgan fingerprint density at radius 1 is 1.10 bits per heavy atom. The summed E-state index contributed by atoms with van der Waals surface area (Å²) < 4.78 is 1.46. The Bertz CT molecular complexity index is 1100. The largest absolute Gasteiger partial charge is 0.333 e. The third kappa shape index (κ3) is 4.38. The molecule has 2 aromatic heterocycles. The zero-order valence-electron chi connectivity index (χ0n) is 18.3. The minimum absolute atomic E-state index is 0.0523. The second-order valence-electron chi connectivity index (χ2n) is 8.35. The zero-order valence-corrected chi connectivity index (χ0v) is 18.3. The highest BCUT2D eigenvalue weighted by atomic mass is 16.2. The van der Waals surface area contributed by atoms with Crippen molar-refractivity contribution in [2.75, 3.05) is 0 Å². The molecule has 0 unspecified atom stereocenters. The summed E-state index contributed by atoms with van der Waals surface area (Å²) in [5, 5.41) is 5.99. The predicted molar refractivity (Wildman–Crippen MR) is 122 cm³/mol. The number of aromatic nitrogens is 3. The van der Waals surface area contributed by atoms with Crippen molar-refractivity contribution in [3.05, 3.63) is 70.4 Å². The van der Waals surface area contributed by atoms with Gasteiger partial charge in [-0.15, -0.1) is 0 Å². The topological polar surface area (TPSA) is 68.1 Å². The molecular formula is C25H30N4O2. The summed E-state index contributed by atoms with van der Waals surface area (Å²) in [6, 6.07) is 13.5. The molecule has 0 radical (unpaired) electrons. The van der Waals surface area contributed by atoms with Crippen LogP contribution in [0.5, 0.6) is 0 Å². The van der Waals surface area contributed by atoms with Crippen LogP contribution in [0.1, 0.15) is 63.3 Å². The summed E-state index contributed by atoms with van der Waals surface area (Å²) >= 11 is 0. The van der Waals surface area contributed by atoms with Crippen LogP contribution in [-0.4, -0.2) is 31.6 Å². The van der Waals surface area contributed by atoms with E-state index in [9.17, 15) is 9.59 Å². The maximum Gasteiger partial charge on any atom is 0.274 e. The molecule has 0 aliphatic heterocycles. The average molecular weight is 419 g/mol. The van der Waals surface area contributed by atoms with Crippen molar-refractivity contribution >= 4 is 16.7 Å². The van der Waals surface area contributed by atoms with Gasteiger partial charge in [-0.2, -0.15) is 5.10 Å². The fraction of sp³-hybridized carbons (Fsp3) is 0.440. The van der Waals surface area contributed by atoms with E-state index in [1.54, 1.807) is 6.20 Å². The fourth-order valence-corrected chi connectivity index (χ4v) is 4.61. The highest BCUT2D eigenvalue weighted by molar-refractivity contribution is 5.91. The van der Waals surface area contributed by atoms with E-state index in [1.165, 1.54) is 11.1 Å². The van der Waals surface area contributed by atoms with Gasteiger partial charge in [0.1, 0.15) is 0 Å². The van der Waals surface area contributed by atoms with Crippen molar-refractivity contribution in [3.8, 4) is 0 Å². The number of pyridine rings is 1. The molecule has 0 N–H and O–H groups in total. The molecule has 1 atom stereocenters. The second kappa shape index (κ2) is 9.41. The van der Waals surface area contributed by atoms with Crippen LogP contribution in [0.3, 0.4) is 0 Å². The van der Waals surface area contributed by atoms with Gasteiger partial charge in [-0.05, 0) is 44.9 Å². The number of nitrogens with zero attached hydrogens (tertiary/aromatic N) is 4. The molecule has 2 heterocycles. The van der Waals surface area contributed by atoms with Crippen LogP contribution in [0.25, 0.3) is 10.8 Å². The first-order chi connectivity index (χ1) is 15.1. The number of carbonyl (C=O) groups excluding carboxylic acids is 1. The smallest absolute Gasteiger partial charge is 0.274 e. The van der Waals surface area contributed by atoms with Gasteiger partial charge in [-0.1, -0.05) is 43.5 Å². The molecular weight excluding hydrogens is 388 g/mol. The van der Waals surface area contributed by atoms with E-state index in [0.29, 0.717) is 24.2 Å².